The van der Waals surface area contributed by atoms with E-state index in [0.29, 0.717) is 27.7 Å². The van der Waals surface area contributed by atoms with Crippen molar-refractivity contribution in [2.24, 2.45) is 0 Å². The molecule has 2 aromatic carbocycles. The Morgan fingerprint density at radius 1 is 0.968 bits per heavy atom. The van der Waals surface area contributed by atoms with Gasteiger partial charge in [-0.3, -0.25) is 14.5 Å². The molecule has 5 nitrogen and oxygen atoms in total. The molecule has 1 aliphatic rings. The number of nitrogens with zero attached hydrogens (tertiary/aromatic N) is 1. The van der Waals surface area contributed by atoms with E-state index in [0.717, 1.165) is 25.2 Å². The van der Waals surface area contributed by atoms with Crippen LogP contribution in [0.5, 0.6) is 0 Å². The third-order valence-electron chi connectivity index (χ3n) is 5.37. The van der Waals surface area contributed by atoms with Crippen LogP contribution in [0.2, 0.25) is 5.02 Å². The summed E-state index contributed by atoms with van der Waals surface area (Å²) < 4.78 is 0. The lowest BCUT2D eigenvalue weighted by atomic mass is 10.1. The van der Waals surface area contributed by atoms with Crippen molar-refractivity contribution in [3.05, 3.63) is 86.6 Å². The summed E-state index contributed by atoms with van der Waals surface area (Å²) in [5, 5.41) is 8.00. The third kappa shape index (κ3) is 5.53. The van der Waals surface area contributed by atoms with Gasteiger partial charge >= 0.3 is 0 Å². The van der Waals surface area contributed by atoms with E-state index in [4.69, 9.17) is 11.6 Å². The molecule has 0 unspecified atom stereocenters. The molecule has 160 valence electrons. The Morgan fingerprint density at radius 3 is 2.48 bits per heavy atom. The average molecular weight is 454 g/mol. The van der Waals surface area contributed by atoms with Crippen LogP contribution in [0.4, 0.5) is 5.69 Å². The van der Waals surface area contributed by atoms with E-state index < -0.39 is 0 Å². The first-order valence-corrected chi connectivity index (χ1v) is 11.6. The number of thiophene rings is 1. The Morgan fingerprint density at radius 2 is 1.74 bits per heavy atom. The molecule has 1 fully saturated rings. The summed E-state index contributed by atoms with van der Waals surface area (Å²) >= 11 is 7.58. The monoisotopic (exact) mass is 453 g/mol. The fourth-order valence-corrected chi connectivity index (χ4v) is 4.48. The smallest absolute Gasteiger partial charge is 0.265 e. The highest BCUT2D eigenvalue weighted by atomic mass is 35.5. The Labute approximate surface area is 191 Å². The fourth-order valence-electron chi connectivity index (χ4n) is 3.70. The normalized spacial score (nSPS) is 13.8. The molecule has 0 bridgehead atoms. The number of likely N-dealkylation sites (tertiary alicyclic amines) is 1. The molecule has 3 aromatic rings. The standard InChI is InChI=1S/C24H24ClN3O2S/c25-20-10-9-17(14-21(20)27-24(30)22-8-5-13-31-22)23(29)26-15-18-6-1-2-7-19(18)16-28-11-3-4-12-28/h1-2,5-10,13-14H,3-4,11-12,15-16H2,(H,26,29)(H,27,30). The van der Waals surface area contributed by atoms with Crippen LogP contribution in [0.1, 0.15) is 44.0 Å². The zero-order valence-corrected chi connectivity index (χ0v) is 18.6. The van der Waals surface area contributed by atoms with Gasteiger partial charge in [0.1, 0.15) is 0 Å². The van der Waals surface area contributed by atoms with Gasteiger partial charge in [-0.15, -0.1) is 11.3 Å². The maximum absolute atomic E-state index is 12.8. The van der Waals surface area contributed by atoms with E-state index in [-0.39, 0.29) is 11.8 Å². The highest BCUT2D eigenvalue weighted by molar-refractivity contribution is 7.12. The molecule has 0 spiro atoms. The number of hydrogen-bond donors (Lipinski definition) is 2. The van der Waals surface area contributed by atoms with Gasteiger partial charge in [-0.05, 0) is 66.7 Å². The van der Waals surface area contributed by atoms with Gasteiger partial charge in [0, 0.05) is 18.7 Å². The molecule has 1 aromatic heterocycles. The minimum atomic E-state index is -0.245. The number of carbonyl (C=O) groups is 2. The van der Waals surface area contributed by atoms with Crippen molar-refractivity contribution in [2.75, 3.05) is 18.4 Å². The number of carbonyl (C=O) groups excluding carboxylic acids is 2. The summed E-state index contributed by atoms with van der Waals surface area (Å²) in [4.78, 5) is 28.1. The summed E-state index contributed by atoms with van der Waals surface area (Å²) in [5.74, 6) is -0.454. The lowest BCUT2D eigenvalue weighted by Gasteiger charge is -2.18. The van der Waals surface area contributed by atoms with E-state index in [2.05, 4.69) is 27.7 Å². The van der Waals surface area contributed by atoms with Crippen LogP contribution in [-0.4, -0.2) is 29.8 Å². The first kappa shape index (κ1) is 21.6. The molecule has 7 heteroatoms. The second kappa shape index (κ2) is 10.1. The van der Waals surface area contributed by atoms with Gasteiger partial charge in [0.15, 0.2) is 0 Å². The van der Waals surface area contributed by atoms with Crippen LogP contribution in [0.25, 0.3) is 0 Å². The summed E-state index contributed by atoms with van der Waals surface area (Å²) in [6.07, 6.45) is 2.50. The van der Waals surface area contributed by atoms with Gasteiger partial charge in [-0.2, -0.15) is 0 Å². The van der Waals surface area contributed by atoms with Gasteiger partial charge in [0.2, 0.25) is 0 Å². The molecule has 2 heterocycles. The fraction of sp³-hybridized carbons (Fsp3) is 0.250. The predicted octanol–water partition coefficient (Wildman–Crippen LogP) is 5.18. The summed E-state index contributed by atoms with van der Waals surface area (Å²) in [6, 6.07) is 16.7. The Balaban J connectivity index is 1.42. The molecular weight excluding hydrogens is 430 g/mol. The number of hydrogen-bond acceptors (Lipinski definition) is 4. The van der Waals surface area contributed by atoms with Crippen LogP contribution in [0, 0.1) is 0 Å². The van der Waals surface area contributed by atoms with Gasteiger partial charge < -0.3 is 10.6 Å². The second-order valence-corrected chi connectivity index (χ2v) is 8.92. The van der Waals surface area contributed by atoms with E-state index in [1.54, 1.807) is 24.3 Å². The molecule has 1 saturated heterocycles. The number of benzene rings is 2. The lowest BCUT2D eigenvalue weighted by molar-refractivity contribution is 0.0949. The van der Waals surface area contributed by atoms with Crippen LogP contribution >= 0.6 is 22.9 Å². The number of halogens is 1. The van der Waals surface area contributed by atoms with Gasteiger partial charge in [0.25, 0.3) is 11.8 Å². The Hall–Kier alpha value is -2.67. The largest absolute Gasteiger partial charge is 0.348 e. The highest BCUT2D eigenvalue weighted by Crippen LogP contribution is 2.24. The van der Waals surface area contributed by atoms with Gasteiger partial charge in [-0.1, -0.05) is 41.9 Å². The highest BCUT2D eigenvalue weighted by Gasteiger charge is 2.15. The first-order chi connectivity index (χ1) is 15.1. The van der Waals surface area contributed by atoms with Crippen molar-refractivity contribution in [1.82, 2.24) is 10.2 Å². The van der Waals surface area contributed by atoms with Crippen LogP contribution in [-0.2, 0) is 13.1 Å². The first-order valence-electron chi connectivity index (χ1n) is 10.3. The maximum Gasteiger partial charge on any atom is 0.265 e. The van der Waals surface area contributed by atoms with Crippen LogP contribution in [0.15, 0.2) is 60.0 Å². The molecule has 0 aliphatic carbocycles. The molecule has 4 rings (SSSR count). The number of anilines is 1. The lowest BCUT2D eigenvalue weighted by Crippen LogP contribution is -2.25. The number of nitrogens with one attached hydrogen (secondary N) is 2. The van der Waals surface area contributed by atoms with E-state index >= 15 is 0 Å². The average Bonchev–Trinajstić information content (AvgIpc) is 3.49. The third-order valence-corrected chi connectivity index (χ3v) is 6.57. The van der Waals surface area contributed by atoms with Gasteiger partial charge in [-0.25, -0.2) is 0 Å². The Kier molecular flexibility index (Phi) is 7.02. The quantitative estimate of drug-likeness (QED) is 0.518. The molecule has 0 saturated carbocycles. The summed E-state index contributed by atoms with van der Waals surface area (Å²) in [6.45, 7) is 3.62. The molecule has 0 radical (unpaired) electrons. The minimum absolute atomic E-state index is 0.209. The molecular formula is C24H24ClN3O2S. The van der Waals surface area contributed by atoms with Crippen molar-refractivity contribution >= 4 is 40.4 Å². The van der Waals surface area contributed by atoms with Crippen molar-refractivity contribution in [1.29, 1.82) is 0 Å². The molecule has 2 N–H and O–H groups in total. The van der Waals surface area contributed by atoms with E-state index in [9.17, 15) is 9.59 Å². The summed E-state index contributed by atoms with van der Waals surface area (Å²) in [7, 11) is 0. The topological polar surface area (TPSA) is 61.4 Å². The zero-order chi connectivity index (χ0) is 21.6. The molecule has 2 amide bonds. The van der Waals surface area contributed by atoms with Crippen LogP contribution < -0.4 is 10.6 Å². The molecule has 31 heavy (non-hydrogen) atoms. The molecule has 0 atom stereocenters. The van der Waals surface area contributed by atoms with Crippen molar-refractivity contribution in [3.8, 4) is 0 Å². The van der Waals surface area contributed by atoms with Crippen molar-refractivity contribution in [2.45, 2.75) is 25.9 Å². The van der Waals surface area contributed by atoms with Gasteiger partial charge in [0.05, 0.1) is 15.6 Å². The van der Waals surface area contributed by atoms with Crippen LogP contribution in [0.3, 0.4) is 0 Å². The Bertz CT molecular complexity index is 1060. The minimum Gasteiger partial charge on any atom is -0.348 e. The predicted molar refractivity (Wildman–Crippen MR) is 126 cm³/mol. The summed E-state index contributed by atoms with van der Waals surface area (Å²) in [5.41, 5.74) is 3.22. The molecule has 1 aliphatic heterocycles. The number of rotatable bonds is 7. The SMILES string of the molecule is O=C(NCc1ccccc1CN1CCCC1)c1ccc(Cl)c(NC(=O)c2cccs2)c1. The van der Waals surface area contributed by atoms with E-state index in [1.165, 1.54) is 29.7 Å². The maximum atomic E-state index is 12.8. The number of amides is 2. The van der Waals surface area contributed by atoms with Crippen molar-refractivity contribution < 1.29 is 9.59 Å². The second-order valence-electron chi connectivity index (χ2n) is 7.56. The van der Waals surface area contributed by atoms with E-state index in [1.807, 2.05) is 23.6 Å². The van der Waals surface area contributed by atoms with Crippen molar-refractivity contribution in [3.63, 3.8) is 0 Å². The zero-order valence-electron chi connectivity index (χ0n) is 17.1.